The first kappa shape index (κ1) is 13.6. The van der Waals surface area contributed by atoms with Crippen LogP contribution in [0.1, 0.15) is 35.7 Å². The van der Waals surface area contributed by atoms with Gasteiger partial charge in [0.25, 0.3) is 5.91 Å². The van der Waals surface area contributed by atoms with Crippen LogP contribution in [-0.2, 0) is 0 Å². The molecular weight excluding hydrogens is 292 g/mol. The predicted octanol–water partition coefficient (Wildman–Crippen LogP) is 2.71. The molecule has 18 heavy (non-hydrogen) atoms. The summed E-state index contributed by atoms with van der Waals surface area (Å²) in [6, 6.07) is 6.29. The number of piperidine rings is 1. The highest BCUT2D eigenvalue weighted by Crippen LogP contribution is 2.24. The van der Waals surface area contributed by atoms with Crippen molar-refractivity contribution in [1.29, 1.82) is 0 Å². The Morgan fingerprint density at radius 2 is 2.22 bits per heavy atom. The number of carbonyl (C=O) groups excluding carboxylic acids is 1. The number of nitrogens with two attached hydrogens (primary N) is 1. The molecule has 0 radical (unpaired) electrons. The first-order valence-corrected chi connectivity index (χ1v) is 7.11. The van der Waals surface area contributed by atoms with Crippen molar-refractivity contribution in [3.63, 3.8) is 0 Å². The lowest BCUT2D eigenvalue weighted by Gasteiger charge is -2.36. The van der Waals surface area contributed by atoms with Crippen molar-refractivity contribution in [3.8, 4) is 0 Å². The van der Waals surface area contributed by atoms with Crippen LogP contribution in [0.25, 0.3) is 0 Å². The van der Waals surface area contributed by atoms with Gasteiger partial charge in [0.2, 0.25) is 0 Å². The van der Waals surface area contributed by atoms with Crippen LogP contribution in [0.5, 0.6) is 0 Å². The largest absolute Gasteiger partial charge is 0.336 e. The maximum Gasteiger partial charge on any atom is 0.255 e. The van der Waals surface area contributed by atoms with Crippen molar-refractivity contribution >= 4 is 21.8 Å². The van der Waals surface area contributed by atoms with Gasteiger partial charge in [-0.2, -0.15) is 0 Å². The summed E-state index contributed by atoms with van der Waals surface area (Å²) in [4.78, 5) is 14.4. The average Bonchev–Trinajstić information content (AvgIpc) is 2.28. The zero-order valence-electron chi connectivity index (χ0n) is 10.8. The van der Waals surface area contributed by atoms with Gasteiger partial charge in [-0.3, -0.25) is 4.79 Å². The fourth-order valence-corrected chi connectivity index (χ4v) is 3.12. The quantitative estimate of drug-likeness (QED) is 0.867. The SMILES string of the molecule is Cc1ccc(C(=O)N2CCC(N)CC2C)c(Br)c1. The van der Waals surface area contributed by atoms with Gasteiger partial charge in [0, 0.05) is 23.1 Å². The van der Waals surface area contributed by atoms with Gasteiger partial charge in [-0.05, 0) is 60.3 Å². The van der Waals surface area contributed by atoms with Crippen molar-refractivity contribution in [2.24, 2.45) is 5.73 Å². The van der Waals surface area contributed by atoms with E-state index in [1.54, 1.807) is 0 Å². The first-order chi connectivity index (χ1) is 8.49. The summed E-state index contributed by atoms with van der Waals surface area (Å²) in [6.07, 6.45) is 1.77. The number of hydrogen-bond donors (Lipinski definition) is 1. The highest BCUT2D eigenvalue weighted by molar-refractivity contribution is 9.10. The van der Waals surface area contributed by atoms with E-state index in [2.05, 4.69) is 22.9 Å². The summed E-state index contributed by atoms with van der Waals surface area (Å²) >= 11 is 3.47. The number of rotatable bonds is 1. The molecule has 1 heterocycles. The zero-order valence-corrected chi connectivity index (χ0v) is 12.4. The maximum atomic E-state index is 12.5. The van der Waals surface area contributed by atoms with Gasteiger partial charge in [-0.15, -0.1) is 0 Å². The number of benzene rings is 1. The molecule has 1 fully saturated rings. The number of amides is 1. The third-order valence-electron chi connectivity index (χ3n) is 3.53. The number of nitrogens with zero attached hydrogens (tertiary/aromatic N) is 1. The van der Waals surface area contributed by atoms with Crippen LogP contribution in [0.2, 0.25) is 0 Å². The molecule has 0 spiro atoms. The first-order valence-electron chi connectivity index (χ1n) is 6.31. The summed E-state index contributed by atoms with van der Waals surface area (Å²) in [7, 11) is 0. The molecule has 3 nitrogen and oxygen atoms in total. The molecule has 1 aromatic carbocycles. The van der Waals surface area contributed by atoms with E-state index in [1.165, 1.54) is 0 Å². The van der Waals surface area contributed by atoms with E-state index >= 15 is 0 Å². The number of likely N-dealkylation sites (tertiary alicyclic amines) is 1. The Morgan fingerprint density at radius 1 is 1.50 bits per heavy atom. The monoisotopic (exact) mass is 310 g/mol. The summed E-state index contributed by atoms with van der Waals surface area (Å²) in [5.74, 6) is 0.0984. The number of carbonyl (C=O) groups is 1. The molecule has 2 unspecified atom stereocenters. The molecular formula is C14H19BrN2O. The average molecular weight is 311 g/mol. The van der Waals surface area contributed by atoms with Crippen LogP contribution < -0.4 is 5.73 Å². The molecule has 1 saturated heterocycles. The molecule has 98 valence electrons. The topological polar surface area (TPSA) is 46.3 Å². The highest BCUT2D eigenvalue weighted by Gasteiger charge is 2.28. The van der Waals surface area contributed by atoms with Crippen molar-refractivity contribution in [2.75, 3.05) is 6.54 Å². The fraction of sp³-hybridized carbons (Fsp3) is 0.500. The molecule has 0 bridgehead atoms. The van der Waals surface area contributed by atoms with E-state index in [0.29, 0.717) is 0 Å². The van der Waals surface area contributed by atoms with Gasteiger partial charge >= 0.3 is 0 Å². The lowest BCUT2D eigenvalue weighted by molar-refractivity contribution is 0.0618. The zero-order chi connectivity index (χ0) is 13.3. The Labute approximate surface area is 116 Å². The fourth-order valence-electron chi connectivity index (χ4n) is 2.46. The third kappa shape index (κ3) is 2.75. The van der Waals surface area contributed by atoms with Crippen LogP contribution in [0, 0.1) is 6.92 Å². The van der Waals surface area contributed by atoms with Gasteiger partial charge < -0.3 is 10.6 Å². The minimum absolute atomic E-state index is 0.0984. The second kappa shape index (κ2) is 5.41. The lowest BCUT2D eigenvalue weighted by Crippen LogP contribution is -2.48. The minimum atomic E-state index is 0.0984. The van der Waals surface area contributed by atoms with Crippen molar-refractivity contribution in [2.45, 2.75) is 38.8 Å². The maximum absolute atomic E-state index is 12.5. The number of hydrogen-bond acceptors (Lipinski definition) is 2. The standard InChI is InChI=1S/C14H19BrN2O/c1-9-3-4-12(13(15)7-9)14(18)17-6-5-11(16)8-10(17)2/h3-4,7,10-11H,5-6,8,16H2,1-2H3. The minimum Gasteiger partial charge on any atom is -0.336 e. The van der Waals surface area contributed by atoms with E-state index < -0.39 is 0 Å². The van der Waals surface area contributed by atoms with E-state index in [0.717, 1.165) is 35.0 Å². The number of halogens is 1. The molecule has 4 heteroatoms. The van der Waals surface area contributed by atoms with E-state index in [4.69, 9.17) is 5.73 Å². The van der Waals surface area contributed by atoms with E-state index in [-0.39, 0.29) is 18.0 Å². The molecule has 0 aliphatic carbocycles. The Morgan fingerprint density at radius 3 is 2.83 bits per heavy atom. The second-order valence-corrected chi connectivity index (χ2v) is 5.97. The van der Waals surface area contributed by atoms with Crippen LogP contribution in [-0.4, -0.2) is 29.4 Å². The Kier molecular flexibility index (Phi) is 4.07. The molecule has 2 atom stereocenters. The Bertz CT molecular complexity index is 461. The molecule has 1 aromatic rings. The summed E-state index contributed by atoms with van der Waals surface area (Å²) in [5.41, 5.74) is 7.81. The van der Waals surface area contributed by atoms with E-state index in [9.17, 15) is 4.79 Å². The molecule has 2 rings (SSSR count). The van der Waals surface area contributed by atoms with Crippen LogP contribution in [0.15, 0.2) is 22.7 Å². The van der Waals surface area contributed by atoms with Crippen LogP contribution >= 0.6 is 15.9 Å². The van der Waals surface area contributed by atoms with Gasteiger partial charge in [-0.25, -0.2) is 0 Å². The summed E-state index contributed by atoms with van der Waals surface area (Å²) in [6.45, 7) is 4.84. The van der Waals surface area contributed by atoms with Gasteiger partial charge in [-0.1, -0.05) is 6.07 Å². The van der Waals surface area contributed by atoms with Gasteiger partial charge in [0.15, 0.2) is 0 Å². The Balaban J connectivity index is 2.20. The Hall–Kier alpha value is -0.870. The summed E-state index contributed by atoms with van der Waals surface area (Å²) in [5, 5.41) is 0. The number of aryl methyl sites for hydroxylation is 1. The van der Waals surface area contributed by atoms with E-state index in [1.807, 2.05) is 30.0 Å². The molecule has 1 amide bonds. The second-order valence-electron chi connectivity index (χ2n) is 5.12. The van der Waals surface area contributed by atoms with Crippen molar-refractivity contribution < 1.29 is 4.79 Å². The normalized spacial score (nSPS) is 24.1. The summed E-state index contributed by atoms with van der Waals surface area (Å²) < 4.78 is 0.870. The molecule has 1 aliphatic heterocycles. The predicted molar refractivity (Wildman–Crippen MR) is 76.6 cm³/mol. The van der Waals surface area contributed by atoms with Crippen LogP contribution in [0.3, 0.4) is 0 Å². The molecule has 0 saturated carbocycles. The molecule has 1 aliphatic rings. The van der Waals surface area contributed by atoms with Crippen molar-refractivity contribution in [1.82, 2.24) is 4.90 Å². The van der Waals surface area contributed by atoms with Gasteiger partial charge in [0.05, 0.1) is 5.56 Å². The highest BCUT2D eigenvalue weighted by atomic mass is 79.9. The third-order valence-corrected chi connectivity index (χ3v) is 4.19. The molecule has 0 aromatic heterocycles. The van der Waals surface area contributed by atoms with Crippen molar-refractivity contribution in [3.05, 3.63) is 33.8 Å². The smallest absolute Gasteiger partial charge is 0.255 e. The van der Waals surface area contributed by atoms with Crippen LogP contribution in [0.4, 0.5) is 0 Å². The lowest BCUT2D eigenvalue weighted by atomic mass is 9.98. The molecule has 2 N–H and O–H groups in total. The van der Waals surface area contributed by atoms with Gasteiger partial charge in [0.1, 0.15) is 0 Å².